The number of imide groups is 1. The summed E-state index contributed by atoms with van der Waals surface area (Å²) in [7, 11) is 0. The summed E-state index contributed by atoms with van der Waals surface area (Å²) in [5.41, 5.74) is 3.06. The van der Waals surface area contributed by atoms with Crippen molar-refractivity contribution in [1.82, 2.24) is 4.90 Å². The minimum absolute atomic E-state index is 0.0646. The Hall–Kier alpha value is -3.15. The molecule has 35 heavy (non-hydrogen) atoms. The summed E-state index contributed by atoms with van der Waals surface area (Å²) < 4.78 is 5.94. The molecular weight excluding hydrogens is 440 g/mol. The molecule has 1 saturated heterocycles. The van der Waals surface area contributed by atoms with Crippen molar-refractivity contribution in [2.45, 2.75) is 57.3 Å². The third-order valence-corrected chi connectivity index (χ3v) is 9.06. The van der Waals surface area contributed by atoms with Gasteiger partial charge in [0.15, 0.2) is 0 Å². The minimum atomic E-state index is -0.209. The second kappa shape index (κ2) is 8.21. The lowest BCUT2D eigenvalue weighted by Crippen LogP contribution is -2.42. The van der Waals surface area contributed by atoms with Crippen molar-refractivity contribution in [3.63, 3.8) is 0 Å². The molecule has 6 atom stereocenters. The molecule has 0 radical (unpaired) electrons. The van der Waals surface area contributed by atoms with Crippen LogP contribution in [-0.2, 0) is 21.0 Å². The fourth-order valence-electron chi connectivity index (χ4n) is 7.55. The van der Waals surface area contributed by atoms with Gasteiger partial charge in [0.25, 0.3) is 0 Å². The number of likely N-dealkylation sites (tertiary alicyclic amines) is 1. The number of carbonyl (C=O) groups excluding carboxylic acids is 2. The molecule has 0 aromatic heterocycles. The molecule has 3 saturated carbocycles. The van der Waals surface area contributed by atoms with Crippen molar-refractivity contribution in [2.75, 3.05) is 0 Å². The van der Waals surface area contributed by atoms with Gasteiger partial charge in [-0.05, 0) is 55.0 Å². The van der Waals surface area contributed by atoms with Crippen LogP contribution in [0.2, 0.25) is 0 Å². The standard InChI is InChI=1S/C29H30N2O4/c32-28-23-21-15-22(24(23)29(33)31(28)19-9-5-2-6-10-19)27-25(21)26(30-35-27)18-11-13-20(14-12-18)34-16-17-7-3-1-4-8-17/h1,3-4,7-8,11-14,19,21-25,27H,2,5-6,9-10,15-16H2. The Bertz CT molecular complexity index is 1170. The lowest BCUT2D eigenvalue weighted by atomic mass is 9.71. The van der Waals surface area contributed by atoms with E-state index in [2.05, 4.69) is 5.16 Å². The molecule has 6 heteroatoms. The van der Waals surface area contributed by atoms with Crippen LogP contribution in [0.15, 0.2) is 59.8 Å². The van der Waals surface area contributed by atoms with Crippen molar-refractivity contribution < 1.29 is 19.2 Å². The Labute approximate surface area is 205 Å². The highest BCUT2D eigenvalue weighted by Crippen LogP contribution is 2.62. The topological polar surface area (TPSA) is 68.2 Å². The monoisotopic (exact) mass is 470 g/mol. The third-order valence-electron chi connectivity index (χ3n) is 9.06. The fourth-order valence-corrected chi connectivity index (χ4v) is 7.55. The van der Waals surface area contributed by atoms with Crippen LogP contribution in [0.1, 0.15) is 49.7 Å². The van der Waals surface area contributed by atoms with Crippen LogP contribution < -0.4 is 4.74 Å². The molecule has 2 amide bonds. The summed E-state index contributed by atoms with van der Waals surface area (Å²) in [5, 5.41) is 4.48. The van der Waals surface area contributed by atoms with Crippen LogP contribution in [-0.4, -0.2) is 34.6 Å². The number of carbonyl (C=O) groups is 2. The van der Waals surface area contributed by atoms with Gasteiger partial charge in [-0.1, -0.05) is 54.8 Å². The fraction of sp³-hybridized carbons (Fsp3) is 0.483. The molecule has 6 nitrogen and oxygen atoms in total. The summed E-state index contributed by atoms with van der Waals surface area (Å²) in [4.78, 5) is 34.6. The second-order valence-corrected chi connectivity index (χ2v) is 10.8. The first-order valence-electron chi connectivity index (χ1n) is 13.1. The van der Waals surface area contributed by atoms with Crippen LogP contribution in [0.25, 0.3) is 0 Å². The number of rotatable bonds is 5. The van der Waals surface area contributed by atoms with Gasteiger partial charge in [0, 0.05) is 23.4 Å². The molecule has 2 heterocycles. The third kappa shape index (κ3) is 3.25. The molecule has 5 aliphatic rings. The van der Waals surface area contributed by atoms with Crippen molar-refractivity contribution in [3.05, 3.63) is 65.7 Å². The molecule has 2 aliphatic heterocycles. The van der Waals surface area contributed by atoms with E-state index in [0.29, 0.717) is 6.61 Å². The Morgan fingerprint density at radius 2 is 1.57 bits per heavy atom. The number of hydrogen-bond acceptors (Lipinski definition) is 5. The molecule has 2 bridgehead atoms. The maximum absolute atomic E-state index is 13.6. The lowest BCUT2D eigenvalue weighted by Gasteiger charge is -2.30. The van der Waals surface area contributed by atoms with Gasteiger partial charge in [0.2, 0.25) is 11.8 Å². The van der Waals surface area contributed by atoms with E-state index in [0.717, 1.165) is 54.7 Å². The zero-order valence-electron chi connectivity index (χ0n) is 19.7. The normalized spacial score (nSPS) is 33.5. The number of nitrogens with zero attached hydrogens (tertiary/aromatic N) is 2. The van der Waals surface area contributed by atoms with E-state index >= 15 is 0 Å². The highest BCUT2D eigenvalue weighted by Gasteiger charge is 2.70. The largest absolute Gasteiger partial charge is 0.489 e. The van der Waals surface area contributed by atoms with Crippen LogP contribution in [0, 0.1) is 29.6 Å². The molecular formula is C29H30N2O4. The molecule has 7 rings (SSSR count). The van der Waals surface area contributed by atoms with Crippen molar-refractivity contribution in [3.8, 4) is 5.75 Å². The minimum Gasteiger partial charge on any atom is -0.489 e. The van der Waals surface area contributed by atoms with Crippen molar-refractivity contribution >= 4 is 17.5 Å². The molecule has 0 N–H and O–H groups in total. The van der Waals surface area contributed by atoms with Gasteiger partial charge in [-0.3, -0.25) is 14.5 Å². The Kier molecular flexibility index (Phi) is 4.97. The van der Waals surface area contributed by atoms with E-state index in [-0.39, 0.29) is 53.5 Å². The highest BCUT2D eigenvalue weighted by molar-refractivity contribution is 6.09. The van der Waals surface area contributed by atoms with E-state index in [1.165, 1.54) is 6.42 Å². The van der Waals surface area contributed by atoms with Gasteiger partial charge in [-0.2, -0.15) is 0 Å². The van der Waals surface area contributed by atoms with Crippen LogP contribution >= 0.6 is 0 Å². The first kappa shape index (κ1) is 21.2. The predicted molar refractivity (Wildman–Crippen MR) is 129 cm³/mol. The van der Waals surface area contributed by atoms with E-state index in [4.69, 9.17) is 9.57 Å². The van der Waals surface area contributed by atoms with Gasteiger partial charge in [0.05, 0.1) is 17.5 Å². The Balaban J connectivity index is 1.08. The lowest BCUT2D eigenvalue weighted by molar-refractivity contribution is -0.144. The SMILES string of the molecule is O=C1C2C3CC(C4C(c5ccc(OCc6ccccc6)cc5)=NOC34)C2C(=O)N1C1CCCCC1. The Morgan fingerprint density at radius 3 is 2.31 bits per heavy atom. The number of fused-ring (bicyclic) bond motifs is 8. The van der Waals surface area contributed by atoms with Crippen LogP contribution in [0.5, 0.6) is 5.75 Å². The molecule has 0 spiro atoms. The van der Waals surface area contributed by atoms with E-state index in [1.807, 2.05) is 54.6 Å². The summed E-state index contributed by atoms with van der Waals surface area (Å²) in [6.07, 6.45) is 6.15. The molecule has 2 aromatic carbocycles. The molecule has 3 aliphatic carbocycles. The van der Waals surface area contributed by atoms with E-state index in [1.54, 1.807) is 4.90 Å². The molecule has 6 unspecified atom stereocenters. The van der Waals surface area contributed by atoms with Gasteiger partial charge < -0.3 is 9.57 Å². The molecule has 2 aromatic rings. The predicted octanol–water partition coefficient (Wildman–Crippen LogP) is 4.57. The average molecular weight is 471 g/mol. The van der Waals surface area contributed by atoms with Crippen LogP contribution in [0.3, 0.4) is 0 Å². The zero-order valence-corrected chi connectivity index (χ0v) is 19.7. The van der Waals surface area contributed by atoms with E-state index < -0.39 is 0 Å². The highest BCUT2D eigenvalue weighted by atomic mass is 16.6. The van der Waals surface area contributed by atoms with Gasteiger partial charge in [-0.25, -0.2) is 0 Å². The summed E-state index contributed by atoms with van der Waals surface area (Å²) >= 11 is 0. The zero-order chi connectivity index (χ0) is 23.5. The van der Waals surface area contributed by atoms with Crippen LogP contribution in [0.4, 0.5) is 0 Å². The Morgan fingerprint density at radius 1 is 0.857 bits per heavy atom. The number of ether oxygens (including phenoxy) is 1. The summed E-state index contributed by atoms with van der Waals surface area (Å²) in [5.74, 6) is 0.852. The quantitative estimate of drug-likeness (QED) is 0.601. The van der Waals surface area contributed by atoms with E-state index in [9.17, 15) is 9.59 Å². The molecule has 4 fully saturated rings. The number of amides is 2. The second-order valence-electron chi connectivity index (χ2n) is 10.8. The van der Waals surface area contributed by atoms with Gasteiger partial charge >= 0.3 is 0 Å². The van der Waals surface area contributed by atoms with Crippen molar-refractivity contribution in [1.29, 1.82) is 0 Å². The van der Waals surface area contributed by atoms with Gasteiger partial charge in [0.1, 0.15) is 18.5 Å². The number of hydrogen-bond donors (Lipinski definition) is 0. The smallest absolute Gasteiger partial charge is 0.233 e. The average Bonchev–Trinajstić information content (AvgIpc) is 3.65. The maximum Gasteiger partial charge on any atom is 0.233 e. The maximum atomic E-state index is 13.6. The summed E-state index contributed by atoms with van der Waals surface area (Å²) in [6.45, 7) is 0.523. The van der Waals surface area contributed by atoms with Gasteiger partial charge in [-0.15, -0.1) is 0 Å². The molecule has 180 valence electrons. The first-order chi connectivity index (χ1) is 17.2. The summed E-state index contributed by atoms with van der Waals surface area (Å²) in [6, 6.07) is 18.2. The first-order valence-corrected chi connectivity index (χ1v) is 13.1. The van der Waals surface area contributed by atoms with Crippen molar-refractivity contribution in [2.24, 2.45) is 34.7 Å². The number of benzene rings is 2. The number of oxime groups is 1.